The molecule has 1 aliphatic carbocycles. The first-order valence-electron chi connectivity index (χ1n) is 7.56. The van der Waals surface area contributed by atoms with Gasteiger partial charge in [0.05, 0.1) is 5.56 Å². The second kappa shape index (κ2) is 5.56. The second-order valence-electron chi connectivity index (χ2n) is 7.03. The lowest BCUT2D eigenvalue weighted by molar-refractivity contribution is 0.0269. The van der Waals surface area contributed by atoms with Gasteiger partial charge in [0.2, 0.25) is 0 Å². The predicted molar refractivity (Wildman–Crippen MR) is 84.4 cm³/mol. The monoisotopic (exact) mass is 319 g/mol. The number of rotatable bonds is 3. The van der Waals surface area contributed by atoms with Crippen LogP contribution >= 0.6 is 11.3 Å². The van der Waals surface area contributed by atoms with Gasteiger partial charge in [-0.05, 0) is 38.7 Å². The molecule has 0 spiro atoms. The molecular weight excluding hydrogens is 298 g/mol. The molecule has 1 N–H and O–H groups in total. The normalized spacial score (nSPS) is 26.5. The number of hydrogen-bond acceptors (Lipinski definition) is 5. The SMILES string of the molecule is CC(C)(C)OC(=O)N1CC2C(C1)C2NCc1cc(C#N)cs1. The van der Waals surface area contributed by atoms with E-state index in [-0.39, 0.29) is 6.09 Å². The Morgan fingerprint density at radius 1 is 1.50 bits per heavy atom. The number of amides is 1. The van der Waals surface area contributed by atoms with Crippen LogP contribution in [0.2, 0.25) is 0 Å². The highest BCUT2D eigenvalue weighted by Gasteiger charge is 2.56. The van der Waals surface area contributed by atoms with Crippen molar-refractivity contribution >= 4 is 17.4 Å². The van der Waals surface area contributed by atoms with Crippen LogP contribution in [0.3, 0.4) is 0 Å². The fraction of sp³-hybridized carbons (Fsp3) is 0.625. The van der Waals surface area contributed by atoms with E-state index in [1.807, 2.05) is 37.1 Å². The average molecular weight is 319 g/mol. The Morgan fingerprint density at radius 3 is 2.73 bits per heavy atom. The zero-order valence-electron chi connectivity index (χ0n) is 13.1. The molecule has 22 heavy (non-hydrogen) atoms. The molecule has 1 aromatic heterocycles. The summed E-state index contributed by atoms with van der Waals surface area (Å²) in [6.45, 7) is 8.04. The van der Waals surface area contributed by atoms with Gasteiger partial charge in [0.1, 0.15) is 11.7 Å². The number of thiophene rings is 1. The summed E-state index contributed by atoms with van der Waals surface area (Å²) in [4.78, 5) is 15.0. The van der Waals surface area contributed by atoms with E-state index in [9.17, 15) is 4.79 Å². The number of fused-ring (bicyclic) bond motifs is 1. The van der Waals surface area contributed by atoms with Gasteiger partial charge in [0.25, 0.3) is 0 Å². The molecule has 2 atom stereocenters. The summed E-state index contributed by atoms with van der Waals surface area (Å²) in [7, 11) is 0. The third kappa shape index (κ3) is 3.26. The second-order valence-corrected chi connectivity index (χ2v) is 8.03. The molecule has 2 fully saturated rings. The van der Waals surface area contributed by atoms with Gasteiger partial charge in [-0.2, -0.15) is 5.26 Å². The van der Waals surface area contributed by atoms with Crippen molar-refractivity contribution in [2.45, 2.75) is 39.0 Å². The van der Waals surface area contributed by atoms with Crippen LogP contribution in [0, 0.1) is 23.2 Å². The zero-order chi connectivity index (χ0) is 15.9. The van der Waals surface area contributed by atoms with Crippen molar-refractivity contribution in [1.82, 2.24) is 10.2 Å². The van der Waals surface area contributed by atoms with Crippen LogP contribution in [-0.2, 0) is 11.3 Å². The summed E-state index contributed by atoms with van der Waals surface area (Å²) >= 11 is 1.61. The van der Waals surface area contributed by atoms with Gasteiger partial charge in [-0.25, -0.2) is 4.79 Å². The zero-order valence-corrected chi connectivity index (χ0v) is 13.9. The molecule has 1 aromatic rings. The van der Waals surface area contributed by atoms with Crippen LogP contribution in [-0.4, -0.2) is 35.7 Å². The number of carbonyl (C=O) groups excluding carboxylic acids is 1. The summed E-state index contributed by atoms with van der Waals surface area (Å²) in [6, 6.07) is 4.58. The number of piperidine rings is 1. The molecular formula is C16H21N3O2S. The van der Waals surface area contributed by atoms with E-state index in [1.165, 1.54) is 4.88 Å². The van der Waals surface area contributed by atoms with Crippen LogP contribution in [0.1, 0.15) is 31.2 Å². The molecule has 0 bridgehead atoms. The van der Waals surface area contributed by atoms with Crippen molar-refractivity contribution in [3.63, 3.8) is 0 Å². The van der Waals surface area contributed by atoms with Crippen molar-refractivity contribution in [3.05, 3.63) is 21.9 Å². The summed E-state index contributed by atoms with van der Waals surface area (Å²) in [5.74, 6) is 1.09. The molecule has 1 aliphatic heterocycles. The van der Waals surface area contributed by atoms with E-state index >= 15 is 0 Å². The third-order valence-corrected chi connectivity index (χ3v) is 5.08. The van der Waals surface area contributed by atoms with Crippen molar-refractivity contribution in [2.24, 2.45) is 11.8 Å². The fourth-order valence-corrected chi connectivity index (χ4v) is 3.82. The average Bonchev–Trinajstić information content (AvgIpc) is 2.86. The van der Waals surface area contributed by atoms with Gasteiger partial charge in [-0.1, -0.05) is 0 Å². The molecule has 118 valence electrons. The fourth-order valence-electron chi connectivity index (χ4n) is 3.06. The maximum Gasteiger partial charge on any atom is 0.410 e. The minimum absolute atomic E-state index is 0.199. The molecule has 2 unspecified atom stereocenters. The molecule has 6 heteroatoms. The lowest BCUT2D eigenvalue weighted by atomic mass is 10.2. The van der Waals surface area contributed by atoms with Crippen LogP contribution in [0.25, 0.3) is 0 Å². The summed E-state index contributed by atoms with van der Waals surface area (Å²) in [5, 5.41) is 14.2. The summed E-state index contributed by atoms with van der Waals surface area (Å²) in [6.07, 6.45) is -0.199. The van der Waals surface area contributed by atoms with Crippen molar-refractivity contribution in [1.29, 1.82) is 5.26 Å². The van der Waals surface area contributed by atoms with E-state index < -0.39 is 5.60 Å². The number of ether oxygens (including phenoxy) is 1. The standard InChI is InChI=1S/C16H21N3O2S/c1-16(2,3)21-15(20)19-7-12-13(8-19)14(12)18-6-11-4-10(5-17)9-22-11/h4,9,12-14,18H,6-8H2,1-3H3. The van der Waals surface area contributed by atoms with Crippen molar-refractivity contribution in [2.75, 3.05) is 13.1 Å². The van der Waals surface area contributed by atoms with Gasteiger partial charge in [-0.15, -0.1) is 11.3 Å². The number of carbonyl (C=O) groups is 1. The van der Waals surface area contributed by atoms with Crippen LogP contribution < -0.4 is 5.32 Å². The highest BCUT2D eigenvalue weighted by Crippen LogP contribution is 2.46. The third-order valence-electron chi connectivity index (χ3n) is 4.14. The Kier molecular flexibility index (Phi) is 3.87. The van der Waals surface area contributed by atoms with Gasteiger partial charge in [-0.3, -0.25) is 0 Å². The largest absolute Gasteiger partial charge is 0.444 e. The van der Waals surface area contributed by atoms with Gasteiger partial charge in [0, 0.05) is 35.9 Å². The highest BCUT2D eigenvalue weighted by atomic mass is 32.1. The van der Waals surface area contributed by atoms with Gasteiger partial charge >= 0.3 is 6.09 Å². The Hall–Kier alpha value is -1.58. The Bertz CT molecular complexity index is 602. The molecule has 3 rings (SSSR count). The molecule has 1 saturated carbocycles. The number of hydrogen-bond donors (Lipinski definition) is 1. The van der Waals surface area contributed by atoms with Gasteiger partial charge in [0.15, 0.2) is 0 Å². The van der Waals surface area contributed by atoms with Crippen molar-refractivity contribution in [3.8, 4) is 6.07 Å². The topological polar surface area (TPSA) is 65.4 Å². The lowest BCUT2D eigenvalue weighted by Gasteiger charge is -2.26. The number of nitriles is 1. The number of likely N-dealkylation sites (tertiary alicyclic amines) is 1. The Morgan fingerprint density at radius 2 is 2.18 bits per heavy atom. The predicted octanol–water partition coefficient (Wildman–Crippen LogP) is 2.57. The summed E-state index contributed by atoms with van der Waals surface area (Å²) in [5.41, 5.74) is 0.299. The maximum atomic E-state index is 12.0. The van der Waals surface area contributed by atoms with E-state index in [0.717, 1.165) is 25.2 Å². The van der Waals surface area contributed by atoms with E-state index in [1.54, 1.807) is 11.3 Å². The summed E-state index contributed by atoms with van der Waals surface area (Å²) < 4.78 is 5.41. The smallest absolute Gasteiger partial charge is 0.410 e. The Labute approximate surface area is 134 Å². The minimum Gasteiger partial charge on any atom is -0.444 e. The highest BCUT2D eigenvalue weighted by molar-refractivity contribution is 7.10. The van der Waals surface area contributed by atoms with Crippen LogP contribution in [0.5, 0.6) is 0 Å². The molecule has 2 aliphatic rings. The number of nitrogens with one attached hydrogen (secondary N) is 1. The first kappa shape index (κ1) is 15.3. The molecule has 0 aromatic carbocycles. The van der Waals surface area contributed by atoms with E-state index in [2.05, 4.69) is 11.4 Å². The molecule has 5 nitrogen and oxygen atoms in total. The quantitative estimate of drug-likeness (QED) is 0.930. The van der Waals surface area contributed by atoms with E-state index in [4.69, 9.17) is 10.00 Å². The molecule has 2 heterocycles. The molecule has 1 saturated heterocycles. The maximum absolute atomic E-state index is 12.0. The minimum atomic E-state index is -0.431. The van der Waals surface area contributed by atoms with Gasteiger partial charge < -0.3 is 15.0 Å². The first-order chi connectivity index (χ1) is 10.4. The van der Waals surface area contributed by atoms with E-state index in [0.29, 0.717) is 17.9 Å². The first-order valence-corrected chi connectivity index (χ1v) is 8.44. The molecule has 1 amide bonds. The van der Waals surface area contributed by atoms with Crippen LogP contribution in [0.15, 0.2) is 11.4 Å². The molecule has 0 radical (unpaired) electrons. The van der Waals surface area contributed by atoms with Crippen LogP contribution in [0.4, 0.5) is 4.79 Å². The lowest BCUT2D eigenvalue weighted by Crippen LogP contribution is -2.39. The van der Waals surface area contributed by atoms with Crippen molar-refractivity contribution < 1.29 is 9.53 Å². The Balaban J connectivity index is 1.43. The number of nitrogens with zero attached hydrogens (tertiary/aromatic N) is 2.